The average Bonchev–Trinajstić information content (AvgIpc) is 3.06. The van der Waals surface area contributed by atoms with Crippen LogP contribution < -0.4 is 5.32 Å². The third-order valence-corrected chi connectivity index (χ3v) is 6.34. The van der Waals surface area contributed by atoms with Crippen LogP contribution in [0.2, 0.25) is 5.02 Å². The summed E-state index contributed by atoms with van der Waals surface area (Å²) in [6.07, 6.45) is 0.372. The molecule has 22 heavy (non-hydrogen) atoms. The fourth-order valence-electron chi connectivity index (χ4n) is 2.33. The van der Waals surface area contributed by atoms with Crippen molar-refractivity contribution >= 4 is 43.8 Å². The van der Waals surface area contributed by atoms with Gasteiger partial charge in [-0.15, -0.1) is 11.3 Å². The van der Waals surface area contributed by atoms with Gasteiger partial charge in [0.1, 0.15) is 0 Å². The van der Waals surface area contributed by atoms with Gasteiger partial charge in [-0.2, -0.15) is 0 Å². The van der Waals surface area contributed by atoms with Gasteiger partial charge in [-0.3, -0.25) is 4.79 Å². The van der Waals surface area contributed by atoms with E-state index >= 15 is 0 Å². The van der Waals surface area contributed by atoms with E-state index in [1.54, 1.807) is 6.07 Å². The predicted molar refractivity (Wildman–Crippen MR) is 88.0 cm³/mol. The summed E-state index contributed by atoms with van der Waals surface area (Å²) in [7, 11) is -3.07. The molecule has 1 aliphatic rings. The predicted octanol–water partition coefficient (Wildman–Crippen LogP) is 2.84. The van der Waals surface area contributed by atoms with E-state index in [0.29, 0.717) is 22.3 Å². The zero-order valence-corrected chi connectivity index (χ0v) is 13.8. The van der Waals surface area contributed by atoms with E-state index in [1.165, 1.54) is 11.3 Å². The van der Waals surface area contributed by atoms with Crippen molar-refractivity contribution in [1.82, 2.24) is 4.98 Å². The van der Waals surface area contributed by atoms with Crippen molar-refractivity contribution in [3.05, 3.63) is 34.7 Å². The molecule has 2 heterocycles. The number of amides is 1. The van der Waals surface area contributed by atoms with E-state index in [4.69, 9.17) is 11.6 Å². The molecule has 5 nitrogen and oxygen atoms in total. The van der Waals surface area contributed by atoms with Crippen LogP contribution in [0.25, 0.3) is 11.3 Å². The minimum Gasteiger partial charge on any atom is -0.302 e. The number of anilines is 1. The van der Waals surface area contributed by atoms with E-state index < -0.39 is 15.8 Å². The summed E-state index contributed by atoms with van der Waals surface area (Å²) in [6.45, 7) is 0. The molecule has 1 amide bonds. The Hall–Kier alpha value is -1.44. The molecular weight excluding hydrogens is 344 g/mol. The molecule has 0 radical (unpaired) electrons. The monoisotopic (exact) mass is 356 g/mol. The van der Waals surface area contributed by atoms with Gasteiger partial charge in [0.05, 0.1) is 23.1 Å². The Morgan fingerprint density at radius 3 is 2.82 bits per heavy atom. The summed E-state index contributed by atoms with van der Waals surface area (Å²) in [6, 6.07) is 7.33. The molecule has 8 heteroatoms. The molecule has 0 spiro atoms. The topological polar surface area (TPSA) is 76.1 Å². The molecule has 3 rings (SSSR count). The van der Waals surface area contributed by atoms with Gasteiger partial charge in [0.15, 0.2) is 15.0 Å². The standard InChI is InChI=1S/C14H13ClN2O3S2/c15-11-4-2-1-3-10(11)12-7-21-14(16-12)17-13(18)9-5-6-22(19,20)8-9/h1-4,7,9H,5-6,8H2,(H,16,17,18)/t9-/m1/s1. The molecule has 116 valence electrons. The number of nitrogens with one attached hydrogen (secondary N) is 1. The van der Waals surface area contributed by atoms with Crippen molar-refractivity contribution in [2.45, 2.75) is 6.42 Å². The van der Waals surface area contributed by atoms with E-state index in [2.05, 4.69) is 10.3 Å². The second-order valence-electron chi connectivity index (χ2n) is 5.11. The lowest BCUT2D eigenvalue weighted by atomic mass is 10.1. The molecule has 0 saturated carbocycles. The number of aromatic nitrogens is 1. The number of sulfone groups is 1. The average molecular weight is 357 g/mol. The third-order valence-electron chi connectivity index (χ3n) is 3.49. The van der Waals surface area contributed by atoms with Crippen LogP contribution in [0.15, 0.2) is 29.6 Å². The van der Waals surface area contributed by atoms with Gasteiger partial charge in [-0.1, -0.05) is 29.8 Å². The number of thiazole rings is 1. The van der Waals surface area contributed by atoms with E-state index in [0.717, 1.165) is 5.56 Å². The van der Waals surface area contributed by atoms with Crippen molar-refractivity contribution in [3.63, 3.8) is 0 Å². The molecular formula is C14H13ClN2O3S2. The maximum Gasteiger partial charge on any atom is 0.230 e. The summed E-state index contributed by atoms with van der Waals surface area (Å²) < 4.78 is 22.8. The highest BCUT2D eigenvalue weighted by Gasteiger charge is 2.33. The summed E-state index contributed by atoms with van der Waals surface area (Å²) >= 11 is 7.41. The first kappa shape index (κ1) is 15.5. The van der Waals surface area contributed by atoms with Crippen LogP contribution >= 0.6 is 22.9 Å². The molecule has 1 aliphatic heterocycles. The lowest BCUT2D eigenvalue weighted by Crippen LogP contribution is -2.23. The number of carbonyl (C=O) groups is 1. The van der Waals surface area contributed by atoms with Gasteiger partial charge in [0.2, 0.25) is 5.91 Å². The Bertz CT molecular complexity index is 817. The fraction of sp³-hybridized carbons (Fsp3) is 0.286. The second kappa shape index (κ2) is 5.98. The molecule has 2 aromatic rings. The van der Waals surface area contributed by atoms with Crippen LogP contribution in [0.4, 0.5) is 5.13 Å². The largest absolute Gasteiger partial charge is 0.302 e. The number of hydrogen-bond donors (Lipinski definition) is 1. The van der Waals surface area contributed by atoms with Gasteiger partial charge in [0, 0.05) is 16.0 Å². The normalized spacial score (nSPS) is 20.0. The Kier molecular flexibility index (Phi) is 4.20. The van der Waals surface area contributed by atoms with Crippen LogP contribution in [0.1, 0.15) is 6.42 Å². The minimum absolute atomic E-state index is 0.0772. The zero-order chi connectivity index (χ0) is 15.7. The summed E-state index contributed by atoms with van der Waals surface area (Å²) in [5.41, 5.74) is 1.48. The molecule has 1 aromatic heterocycles. The maximum atomic E-state index is 12.1. The smallest absolute Gasteiger partial charge is 0.230 e. The fourth-order valence-corrected chi connectivity index (χ4v) is 5.02. The highest BCUT2D eigenvalue weighted by molar-refractivity contribution is 7.91. The van der Waals surface area contributed by atoms with Gasteiger partial charge >= 0.3 is 0 Å². The first-order valence-electron chi connectivity index (χ1n) is 6.66. The molecule has 0 bridgehead atoms. The number of hydrogen-bond acceptors (Lipinski definition) is 5. The first-order valence-corrected chi connectivity index (χ1v) is 9.74. The summed E-state index contributed by atoms with van der Waals surface area (Å²) in [4.78, 5) is 16.4. The summed E-state index contributed by atoms with van der Waals surface area (Å²) in [5, 5.41) is 5.54. The Labute approximate surface area is 137 Å². The Balaban J connectivity index is 1.73. The van der Waals surface area contributed by atoms with Crippen LogP contribution in [0.3, 0.4) is 0 Å². The van der Waals surface area contributed by atoms with E-state index in [-0.39, 0.29) is 17.4 Å². The minimum atomic E-state index is -3.07. The number of benzene rings is 1. The quantitative estimate of drug-likeness (QED) is 0.917. The number of nitrogens with zero attached hydrogens (tertiary/aromatic N) is 1. The van der Waals surface area contributed by atoms with Crippen molar-refractivity contribution < 1.29 is 13.2 Å². The van der Waals surface area contributed by atoms with Crippen molar-refractivity contribution in [2.75, 3.05) is 16.8 Å². The van der Waals surface area contributed by atoms with Crippen LogP contribution in [-0.2, 0) is 14.6 Å². The number of halogens is 1. The van der Waals surface area contributed by atoms with Gasteiger partial charge in [-0.25, -0.2) is 13.4 Å². The molecule has 1 atom stereocenters. The van der Waals surface area contributed by atoms with Gasteiger partial charge in [-0.05, 0) is 12.5 Å². The van der Waals surface area contributed by atoms with Crippen LogP contribution in [0.5, 0.6) is 0 Å². The molecule has 0 unspecified atom stereocenters. The van der Waals surface area contributed by atoms with Crippen molar-refractivity contribution in [1.29, 1.82) is 0 Å². The van der Waals surface area contributed by atoms with Crippen molar-refractivity contribution in [3.8, 4) is 11.3 Å². The number of rotatable bonds is 3. The maximum absolute atomic E-state index is 12.1. The van der Waals surface area contributed by atoms with E-state index in [1.807, 2.05) is 23.6 Å². The molecule has 0 aliphatic carbocycles. The van der Waals surface area contributed by atoms with E-state index in [9.17, 15) is 13.2 Å². The lowest BCUT2D eigenvalue weighted by Gasteiger charge is -2.06. The molecule has 1 fully saturated rings. The Morgan fingerprint density at radius 2 is 2.14 bits per heavy atom. The molecule has 1 saturated heterocycles. The molecule has 1 N–H and O–H groups in total. The lowest BCUT2D eigenvalue weighted by molar-refractivity contribution is -0.119. The van der Waals surface area contributed by atoms with Crippen LogP contribution in [-0.4, -0.2) is 30.8 Å². The highest BCUT2D eigenvalue weighted by atomic mass is 35.5. The zero-order valence-electron chi connectivity index (χ0n) is 11.5. The van der Waals surface area contributed by atoms with Gasteiger partial charge < -0.3 is 5.32 Å². The second-order valence-corrected chi connectivity index (χ2v) is 8.60. The molecule has 1 aromatic carbocycles. The Morgan fingerprint density at radius 1 is 1.36 bits per heavy atom. The first-order chi connectivity index (χ1) is 10.4. The van der Waals surface area contributed by atoms with Crippen molar-refractivity contribution in [2.24, 2.45) is 5.92 Å². The summed E-state index contributed by atoms with van der Waals surface area (Å²) in [5.74, 6) is -0.783. The van der Waals surface area contributed by atoms with Crippen LogP contribution in [0, 0.1) is 5.92 Å². The number of carbonyl (C=O) groups excluding carboxylic acids is 1. The SMILES string of the molecule is O=C(Nc1nc(-c2ccccc2Cl)cs1)[C@@H]1CCS(=O)(=O)C1. The third kappa shape index (κ3) is 3.31. The highest BCUT2D eigenvalue weighted by Crippen LogP contribution is 2.30. The van der Waals surface area contributed by atoms with Gasteiger partial charge in [0.25, 0.3) is 0 Å².